The Labute approximate surface area is 110 Å². The number of rotatable bonds is 6. The smallest absolute Gasteiger partial charge is 0.305 e. The van der Waals surface area contributed by atoms with E-state index in [1.165, 1.54) is 12.1 Å². The number of aromatic nitrogens is 1. The van der Waals surface area contributed by atoms with Crippen molar-refractivity contribution < 1.29 is 4.92 Å². The van der Waals surface area contributed by atoms with Crippen LogP contribution in [0.4, 0.5) is 11.5 Å². The Morgan fingerprint density at radius 1 is 1.67 bits per heavy atom. The van der Waals surface area contributed by atoms with Gasteiger partial charge in [-0.25, -0.2) is 4.98 Å². The van der Waals surface area contributed by atoms with E-state index in [0.29, 0.717) is 5.82 Å². The van der Waals surface area contributed by atoms with Gasteiger partial charge in [-0.2, -0.15) is 17.0 Å². The normalized spacial score (nSPS) is 11.6. The quantitative estimate of drug-likeness (QED) is 0.628. The molecule has 1 aromatic heterocycles. The lowest BCUT2D eigenvalue weighted by atomic mass is 10.3. The molecule has 0 bridgehead atoms. The molecule has 0 aromatic carbocycles. The van der Waals surface area contributed by atoms with Gasteiger partial charge < -0.3 is 5.32 Å². The van der Waals surface area contributed by atoms with E-state index in [-0.39, 0.29) is 17.4 Å². The Kier molecular flexibility index (Phi) is 5.39. The molecule has 7 heteroatoms. The molecule has 1 unspecified atom stereocenters. The molecule has 0 saturated heterocycles. The highest BCUT2D eigenvalue weighted by molar-refractivity contribution is 7.99. The standard InChI is InChI=1S/C11H14N4O2S/c1-3-18-7-8(2)13-11-5-4-10(15(16)17)9(6-12)14-11/h4-5,8H,3,7H2,1-2H3,(H,13,14). The minimum atomic E-state index is -0.605. The number of nitriles is 1. The van der Waals surface area contributed by atoms with Crippen molar-refractivity contribution in [2.75, 3.05) is 16.8 Å². The zero-order chi connectivity index (χ0) is 13.5. The van der Waals surface area contributed by atoms with Gasteiger partial charge in [-0.05, 0) is 18.7 Å². The van der Waals surface area contributed by atoms with Crippen molar-refractivity contribution in [3.05, 3.63) is 27.9 Å². The highest BCUT2D eigenvalue weighted by Gasteiger charge is 2.16. The molecule has 0 spiro atoms. The monoisotopic (exact) mass is 266 g/mol. The molecule has 1 heterocycles. The molecule has 0 saturated carbocycles. The van der Waals surface area contributed by atoms with Gasteiger partial charge in [0.2, 0.25) is 5.69 Å². The van der Waals surface area contributed by atoms with Gasteiger partial charge >= 0.3 is 5.69 Å². The molecule has 0 aliphatic rings. The Hall–Kier alpha value is -1.81. The number of nitro groups is 1. The molecule has 96 valence electrons. The maximum absolute atomic E-state index is 10.6. The van der Waals surface area contributed by atoms with E-state index in [2.05, 4.69) is 17.2 Å². The lowest BCUT2D eigenvalue weighted by molar-refractivity contribution is -0.385. The van der Waals surface area contributed by atoms with Crippen LogP contribution in [0.2, 0.25) is 0 Å². The van der Waals surface area contributed by atoms with Crippen molar-refractivity contribution in [3.8, 4) is 6.07 Å². The van der Waals surface area contributed by atoms with Gasteiger partial charge in [0.1, 0.15) is 11.9 Å². The van der Waals surface area contributed by atoms with E-state index in [4.69, 9.17) is 5.26 Å². The van der Waals surface area contributed by atoms with Gasteiger partial charge in [0.25, 0.3) is 0 Å². The van der Waals surface area contributed by atoms with Crippen molar-refractivity contribution in [2.24, 2.45) is 0 Å². The highest BCUT2D eigenvalue weighted by Crippen LogP contribution is 2.18. The van der Waals surface area contributed by atoms with E-state index in [1.54, 1.807) is 17.8 Å². The van der Waals surface area contributed by atoms with E-state index >= 15 is 0 Å². The first-order valence-electron chi connectivity index (χ1n) is 5.48. The van der Waals surface area contributed by atoms with Crippen molar-refractivity contribution in [1.82, 2.24) is 4.98 Å². The summed E-state index contributed by atoms with van der Waals surface area (Å²) >= 11 is 1.79. The largest absolute Gasteiger partial charge is 0.367 e. The van der Waals surface area contributed by atoms with Crippen LogP contribution >= 0.6 is 11.8 Å². The fourth-order valence-electron chi connectivity index (χ4n) is 1.35. The molecule has 0 radical (unpaired) electrons. The van der Waals surface area contributed by atoms with Crippen molar-refractivity contribution in [2.45, 2.75) is 19.9 Å². The lowest BCUT2D eigenvalue weighted by Gasteiger charge is -2.13. The summed E-state index contributed by atoms with van der Waals surface area (Å²) in [4.78, 5) is 14.0. The second-order valence-electron chi connectivity index (χ2n) is 3.64. The van der Waals surface area contributed by atoms with E-state index < -0.39 is 4.92 Å². The Bertz CT molecular complexity index is 473. The van der Waals surface area contributed by atoms with Crippen LogP contribution in [0.15, 0.2) is 12.1 Å². The molecule has 1 aromatic rings. The third kappa shape index (κ3) is 3.89. The minimum absolute atomic E-state index is 0.166. The number of hydrogen-bond acceptors (Lipinski definition) is 6. The summed E-state index contributed by atoms with van der Waals surface area (Å²) < 4.78 is 0. The summed E-state index contributed by atoms with van der Waals surface area (Å²) in [6.07, 6.45) is 0. The first-order chi connectivity index (χ1) is 8.58. The number of anilines is 1. The van der Waals surface area contributed by atoms with Crippen LogP contribution in [0.25, 0.3) is 0 Å². The van der Waals surface area contributed by atoms with Crippen LogP contribution in [0.3, 0.4) is 0 Å². The molecule has 0 aliphatic carbocycles. The van der Waals surface area contributed by atoms with E-state index in [9.17, 15) is 10.1 Å². The molecule has 0 amide bonds. The SMILES string of the molecule is CCSCC(C)Nc1ccc([N+](=O)[O-])c(C#N)n1. The van der Waals surface area contributed by atoms with Crippen molar-refractivity contribution >= 4 is 23.3 Å². The van der Waals surface area contributed by atoms with Gasteiger partial charge in [-0.15, -0.1) is 0 Å². The molecule has 0 fully saturated rings. The first-order valence-corrected chi connectivity index (χ1v) is 6.63. The topological polar surface area (TPSA) is 91.9 Å². The summed E-state index contributed by atoms with van der Waals surface area (Å²) in [5, 5.41) is 22.6. The van der Waals surface area contributed by atoms with Crippen LogP contribution in [0.1, 0.15) is 19.5 Å². The van der Waals surface area contributed by atoms with Crippen LogP contribution in [-0.4, -0.2) is 27.5 Å². The zero-order valence-electron chi connectivity index (χ0n) is 10.2. The van der Waals surface area contributed by atoms with Crippen LogP contribution < -0.4 is 5.32 Å². The minimum Gasteiger partial charge on any atom is -0.367 e. The number of thioether (sulfide) groups is 1. The maximum Gasteiger partial charge on any atom is 0.305 e. The second-order valence-corrected chi connectivity index (χ2v) is 4.96. The van der Waals surface area contributed by atoms with Gasteiger partial charge in [0, 0.05) is 17.9 Å². The third-order valence-corrected chi connectivity index (χ3v) is 3.29. The average molecular weight is 266 g/mol. The number of pyridine rings is 1. The molecule has 18 heavy (non-hydrogen) atoms. The molecule has 1 rings (SSSR count). The van der Waals surface area contributed by atoms with Gasteiger partial charge in [0.15, 0.2) is 0 Å². The number of nitrogens with one attached hydrogen (secondary N) is 1. The Balaban J connectivity index is 2.80. The van der Waals surface area contributed by atoms with Gasteiger partial charge in [0.05, 0.1) is 4.92 Å². The maximum atomic E-state index is 10.6. The number of hydrogen-bond donors (Lipinski definition) is 1. The van der Waals surface area contributed by atoms with Gasteiger partial charge in [-0.1, -0.05) is 6.92 Å². The van der Waals surface area contributed by atoms with Crippen LogP contribution in [-0.2, 0) is 0 Å². The van der Waals surface area contributed by atoms with Crippen LogP contribution in [0, 0.1) is 21.4 Å². The molecular weight excluding hydrogens is 252 g/mol. The lowest BCUT2D eigenvalue weighted by Crippen LogP contribution is -2.19. The van der Waals surface area contributed by atoms with Gasteiger partial charge in [-0.3, -0.25) is 10.1 Å². The summed E-state index contributed by atoms with van der Waals surface area (Å²) in [5.41, 5.74) is -0.431. The second kappa shape index (κ2) is 6.81. The predicted octanol–water partition coefficient (Wildman–Crippen LogP) is 2.41. The Morgan fingerprint density at radius 2 is 2.39 bits per heavy atom. The molecule has 1 atom stereocenters. The van der Waals surface area contributed by atoms with Crippen LogP contribution in [0.5, 0.6) is 0 Å². The zero-order valence-corrected chi connectivity index (χ0v) is 11.0. The summed E-state index contributed by atoms with van der Waals surface area (Å²) in [5.74, 6) is 2.43. The fraction of sp³-hybridized carbons (Fsp3) is 0.455. The highest BCUT2D eigenvalue weighted by atomic mass is 32.2. The first kappa shape index (κ1) is 14.3. The van der Waals surface area contributed by atoms with Crippen molar-refractivity contribution in [3.63, 3.8) is 0 Å². The Morgan fingerprint density at radius 3 is 2.94 bits per heavy atom. The summed E-state index contributed by atoms with van der Waals surface area (Å²) in [6.45, 7) is 4.08. The predicted molar refractivity (Wildman–Crippen MR) is 71.7 cm³/mol. The third-order valence-electron chi connectivity index (χ3n) is 2.14. The van der Waals surface area contributed by atoms with E-state index in [1.807, 2.05) is 6.92 Å². The molecule has 0 aliphatic heterocycles. The fourth-order valence-corrected chi connectivity index (χ4v) is 2.02. The molecule has 1 N–H and O–H groups in total. The van der Waals surface area contributed by atoms with E-state index in [0.717, 1.165) is 11.5 Å². The molecular formula is C11H14N4O2S. The summed E-state index contributed by atoms with van der Waals surface area (Å²) in [6, 6.07) is 4.75. The average Bonchev–Trinajstić information content (AvgIpc) is 2.35. The molecule has 6 nitrogen and oxygen atoms in total. The van der Waals surface area contributed by atoms with Crippen molar-refractivity contribution in [1.29, 1.82) is 5.26 Å². The summed E-state index contributed by atoms with van der Waals surface area (Å²) in [7, 11) is 0. The number of nitrogens with zero attached hydrogens (tertiary/aromatic N) is 3.